The minimum absolute atomic E-state index is 0.158. The second kappa shape index (κ2) is 6.76. The molecule has 0 saturated heterocycles. The number of hydrogen-bond acceptors (Lipinski definition) is 5. The van der Waals surface area contributed by atoms with Gasteiger partial charge in [-0.2, -0.15) is 0 Å². The highest BCUT2D eigenvalue weighted by molar-refractivity contribution is 7.17. The Kier molecular flexibility index (Phi) is 4.30. The van der Waals surface area contributed by atoms with Crippen LogP contribution < -0.4 is 11.1 Å². The number of fused-ring (bicyclic) bond motifs is 1. The average molecular weight is 367 g/mol. The molecule has 4 rings (SSSR count). The molecule has 132 valence electrons. The minimum atomic E-state index is -0.509. The van der Waals surface area contributed by atoms with Gasteiger partial charge in [-0.3, -0.25) is 9.59 Å². The zero-order valence-corrected chi connectivity index (χ0v) is 14.8. The van der Waals surface area contributed by atoms with Gasteiger partial charge in [-0.15, -0.1) is 11.3 Å². The highest BCUT2D eigenvalue weighted by Crippen LogP contribution is 2.38. The van der Waals surface area contributed by atoms with E-state index >= 15 is 0 Å². The minimum Gasteiger partial charge on any atom is -0.365 e. The number of nitrogens with two attached hydrogens (primary N) is 1. The summed E-state index contributed by atoms with van der Waals surface area (Å²) in [5.41, 5.74) is 7.97. The molecule has 2 heterocycles. The topological polar surface area (TPSA) is 98.2 Å². The summed E-state index contributed by atoms with van der Waals surface area (Å²) in [6.45, 7) is 0. The molecule has 0 aliphatic heterocycles. The molecule has 0 saturated carbocycles. The van der Waals surface area contributed by atoms with Gasteiger partial charge in [0.25, 0.3) is 11.8 Å². The number of aromatic nitrogens is 1. The molecule has 1 aliphatic carbocycles. The molecule has 3 aromatic rings. The molecule has 26 heavy (non-hydrogen) atoms. The predicted molar refractivity (Wildman–Crippen MR) is 99.4 cm³/mol. The van der Waals surface area contributed by atoms with Gasteiger partial charge >= 0.3 is 0 Å². The van der Waals surface area contributed by atoms with Crippen molar-refractivity contribution in [2.75, 3.05) is 5.32 Å². The fourth-order valence-electron chi connectivity index (χ4n) is 3.20. The van der Waals surface area contributed by atoms with Gasteiger partial charge in [-0.1, -0.05) is 35.5 Å². The highest BCUT2D eigenvalue weighted by atomic mass is 32.1. The van der Waals surface area contributed by atoms with Crippen molar-refractivity contribution in [3.05, 3.63) is 58.1 Å². The molecular formula is C19H17N3O3S. The summed E-state index contributed by atoms with van der Waals surface area (Å²) in [6.07, 6.45) is 3.85. The van der Waals surface area contributed by atoms with Crippen LogP contribution in [0.2, 0.25) is 0 Å². The Morgan fingerprint density at radius 2 is 1.92 bits per heavy atom. The lowest BCUT2D eigenvalue weighted by molar-refractivity contribution is 0.100. The molecule has 3 N–H and O–H groups in total. The Morgan fingerprint density at radius 1 is 1.15 bits per heavy atom. The van der Waals surface area contributed by atoms with Crippen molar-refractivity contribution < 1.29 is 14.1 Å². The number of hydrogen-bond donors (Lipinski definition) is 2. The number of thiophene rings is 1. The molecule has 0 spiro atoms. The van der Waals surface area contributed by atoms with E-state index in [2.05, 4.69) is 10.5 Å². The van der Waals surface area contributed by atoms with Crippen LogP contribution in [0, 0.1) is 0 Å². The Labute approximate surface area is 154 Å². The SMILES string of the molecule is NC(=O)c1c(NC(=O)c2cc(-c3ccccc3)on2)sc2c1CCCC2. The molecule has 2 amide bonds. The lowest BCUT2D eigenvalue weighted by atomic mass is 9.95. The first-order valence-corrected chi connectivity index (χ1v) is 9.23. The standard InChI is InChI=1S/C19H17N3O3S/c20-17(23)16-12-8-4-5-9-15(12)26-19(16)21-18(24)13-10-14(25-22-13)11-6-2-1-3-7-11/h1-3,6-7,10H,4-5,8-9H2,(H2,20,23)(H,21,24). The summed E-state index contributed by atoms with van der Waals surface area (Å²) in [5.74, 6) is -0.418. The maximum absolute atomic E-state index is 12.6. The van der Waals surface area contributed by atoms with Crippen molar-refractivity contribution in [1.82, 2.24) is 5.16 Å². The van der Waals surface area contributed by atoms with Crippen LogP contribution in [0.25, 0.3) is 11.3 Å². The average Bonchev–Trinajstić information content (AvgIpc) is 3.27. The smallest absolute Gasteiger partial charge is 0.278 e. The van der Waals surface area contributed by atoms with Gasteiger partial charge in [0.1, 0.15) is 5.00 Å². The van der Waals surface area contributed by atoms with Gasteiger partial charge in [0.2, 0.25) is 0 Å². The second-order valence-electron chi connectivity index (χ2n) is 6.18. The van der Waals surface area contributed by atoms with Gasteiger partial charge in [-0.05, 0) is 31.2 Å². The van der Waals surface area contributed by atoms with Gasteiger partial charge in [-0.25, -0.2) is 0 Å². The van der Waals surface area contributed by atoms with E-state index in [0.29, 0.717) is 16.3 Å². The van der Waals surface area contributed by atoms with Crippen LogP contribution in [0.5, 0.6) is 0 Å². The predicted octanol–water partition coefficient (Wildman–Crippen LogP) is 3.63. The number of primary amides is 1. The maximum atomic E-state index is 12.6. The Hall–Kier alpha value is -2.93. The lowest BCUT2D eigenvalue weighted by Crippen LogP contribution is -2.18. The largest absolute Gasteiger partial charge is 0.365 e. The van der Waals surface area contributed by atoms with Crippen molar-refractivity contribution in [3.63, 3.8) is 0 Å². The van der Waals surface area contributed by atoms with Crippen molar-refractivity contribution in [1.29, 1.82) is 0 Å². The summed E-state index contributed by atoms with van der Waals surface area (Å²) in [6, 6.07) is 11.0. The maximum Gasteiger partial charge on any atom is 0.278 e. The fraction of sp³-hybridized carbons (Fsp3) is 0.211. The third kappa shape index (κ3) is 3.01. The van der Waals surface area contributed by atoms with Crippen LogP contribution in [-0.4, -0.2) is 17.0 Å². The molecular weight excluding hydrogens is 350 g/mol. The quantitative estimate of drug-likeness (QED) is 0.735. The fourth-order valence-corrected chi connectivity index (χ4v) is 4.49. The molecule has 0 atom stereocenters. The number of aryl methyl sites for hydroxylation is 1. The summed E-state index contributed by atoms with van der Waals surface area (Å²) in [7, 11) is 0. The number of benzene rings is 1. The second-order valence-corrected chi connectivity index (χ2v) is 7.28. The molecule has 1 aliphatic rings. The Balaban J connectivity index is 1.60. The first kappa shape index (κ1) is 16.5. The van der Waals surface area contributed by atoms with E-state index in [1.807, 2.05) is 30.3 Å². The monoisotopic (exact) mass is 367 g/mol. The van der Waals surface area contributed by atoms with E-state index in [4.69, 9.17) is 10.3 Å². The van der Waals surface area contributed by atoms with E-state index in [9.17, 15) is 9.59 Å². The number of carbonyl (C=O) groups is 2. The summed E-state index contributed by atoms with van der Waals surface area (Å²) < 4.78 is 5.27. The van der Waals surface area contributed by atoms with Crippen molar-refractivity contribution >= 4 is 28.2 Å². The first-order valence-electron chi connectivity index (χ1n) is 8.41. The third-order valence-corrected chi connectivity index (χ3v) is 5.65. The van der Waals surface area contributed by atoms with Crippen LogP contribution in [0.4, 0.5) is 5.00 Å². The van der Waals surface area contributed by atoms with Gasteiger partial charge in [0.05, 0.1) is 5.56 Å². The van der Waals surface area contributed by atoms with Gasteiger partial charge < -0.3 is 15.6 Å². The number of anilines is 1. The van der Waals surface area contributed by atoms with Crippen LogP contribution in [0.1, 0.15) is 44.1 Å². The molecule has 0 radical (unpaired) electrons. The summed E-state index contributed by atoms with van der Waals surface area (Å²) in [4.78, 5) is 25.6. The first-order chi connectivity index (χ1) is 12.6. The van der Waals surface area contributed by atoms with E-state index in [1.165, 1.54) is 11.3 Å². The molecule has 1 aromatic carbocycles. The highest BCUT2D eigenvalue weighted by Gasteiger charge is 2.26. The number of nitrogens with zero attached hydrogens (tertiary/aromatic N) is 1. The lowest BCUT2D eigenvalue weighted by Gasteiger charge is -2.11. The van der Waals surface area contributed by atoms with Crippen LogP contribution >= 0.6 is 11.3 Å². The van der Waals surface area contributed by atoms with E-state index < -0.39 is 11.8 Å². The zero-order chi connectivity index (χ0) is 18.1. The summed E-state index contributed by atoms with van der Waals surface area (Å²) in [5, 5.41) is 7.13. The molecule has 0 unspecified atom stereocenters. The number of amides is 2. The third-order valence-electron chi connectivity index (χ3n) is 4.45. The van der Waals surface area contributed by atoms with Crippen molar-refractivity contribution in [2.45, 2.75) is 25.7 Å². The van der Waals surface area contributed by atoms with Gasteiger partial charge in [0, 0.05) is 16.5 Å². The number of carbonyl (C=O) groups excluding carboxylic acids is 2. The van der Waals surface area contributed by atoms with Gasteiger partial charge in [0.15, 0.2) is 11.5 Å². The molecule has 0 bridgehead atoms. The Bertz CT molecular complexity index is 975. The van der Waals surface area contributed by atoms with E-state index in [-0.39, 0.29) is 5.69 Å². The van der Waals surface area contributed by atoms with E-state index in [1.54, 1.807) is 6.07 Å². The van der Waals surface area contributed by atoms with Crippen LogP contribution in [-0.2, 0) is 12.8 Å². The Morgan fingerprint density at radius 3 is 2.69 bits per heavy atom. The van der Waals surface area contributed by atoms with Crippen LogP contribution in [0.15, 0.2) is 40.9 Å². The van der Waals surface area contributed by atoms with Crippen molar-refractivity contribution in [3.8, 4) is 11.3 Å². The summed E-state index contributed by atoms with van der Waals surface area (Å²) >= 11 is 1.43. The molecule has 2 aromatic heterocycles. The molecule has 7 heteroatoms. The molecule has 6 nitrogen and oxygen atoms in total. The number of rotatable bonds is 4. The molecule has 0 fully saturated rings. The van der Waals surface area contributed by atoms with E-state index in [0.717, 1.165) is 41.7 Å². The normalized spacial score (nSPS) is 13.2. The van der Waals surface area contributed by atoms with Crippen molar-refractivity contribution in [2.24, 2.45) is 5.73 Å². The number of nitrogens with one attached hydrogen (secondary N) is 1. The zero-order valence-electron chi connectivity index (χ0n) is 14.0. The van der Waals surface area contributed by atoms with Crippen LogP contribution in [0.3, 0.4) is 0 Å².